The van der Waals surface area contributed by atoms with Gasteiger partial charge in [-0.25, -0.2) is 0 Å². The van der Waals surface area contributed by atoms with Crippen LogP contribution in [0.4, 0.5) is 5.00 Å². The summed E-state index contributed by atoms with van der Waals surface area (Å²) in [5, 5.41) is 15.9. The van der Waals surface area contributed by atoms with Crippen molar-refractivity contribution in [1.29, 1.82) is 0 Å². The Labute approximate surface area is 106 Å². The Kier molecular flexibility index (Phi) is 4.62. The van der Waals surface area contributed by atoms with E-state index in [0.29, 0.717) is 6.54 Å². The number of nitro groups is 1. The minimum absolute atomic E-state index is 0.0714. The molecule has 0 aliphatic rings. The standard InChI is InChI=1S/C11H19N3O2S/c1-11(2,13(3)4)8-12-6-9-5-10(14(15)16)17-7-9/h5,7,12H,6,8H2,1-4H3. The maximum atomic E-state index is 10.5. The topological polar surface area (TPSA) is 58.4 Å². The van der Waals surface area contributed by atoms with Crippen LogP contribution in [0.1, 0.15) is 19.4 Å². The van der Waals surface area contributed by atoms with Gasteiger partial charge in [0.1, 0.15) is 0 Å². The molecule has 0 aliphatic carbocycles. The van der Waals surface area contributed by atoms with Crippen molar-refractivity contribution in [3.8, 4) is 0 Å². The average molecular weight is 257 g/mol. The van der Waals surface area contributed by atoms with Crippen molar-refractivity contribution in [2.75, 3.05) is 20.6 Å². The molecule has 0 unspecified atom stereocenters. The van der Waals surface area contributed by atoms with Gasteiger partial charge in [0.15, 0.2) is 0 Å². The van der Waals surface area contributed by atoms with Gasteiger partial charge in [-0.3, -0.25) is 10.1 Å². The van der Waals surface area contributed by atoms with E-state index < -0.39 is 0 Å². The Balaban J connectivity index is 2.43. The van der Waals surface area contributed by atoms with Gasteiger partial charge in [-0.2, -0.15) is 0 Å². The first kappa shape index (κ1) is 14.1. The number of nitrogens with zero attached hydrogens (tertiary/aromatic N) is 2. The number of rotatable bonds is 6. The van der Waals surface area contributed by atoms with E-state index in [2.05, 4.69) is 24.1 Å². The Bertz CT molecular complexity index is 388. The van der Waals surface area contributed by atoms with Crippen molar-refractivity contribution in [3.63, 3.8) is 0 Å². The van der Waals surface area contributed by atoms with Gasteiger partial charge in [0.25, 0.3) is 0 Å². The van der Waals surface area contributed by atoms with Gasteiger partial charge in [0.2, 0.25) is 0 Å². The third-order valence-electron chi connectivity index (χ3n) is 2.92. The molecular weight excluding hydrogens is 238 g/mol. The molecule has 0 amide bonds. The number of hydrogen-bond acceptors (Lipinski definition) is 5. The van der Waals surface area contributed by atoms with Crippen LogP contribution < -0.4 is 5.32 Å². The van der Waals surface area contributed by atoms with Crippen molar-refractivity contribution in [1.82, 2.24) is 10.2 Å². The van der Waals surface area contributed by atoms with Crippen LogP contribution in [0.5, 0.6) is 0 Å². The molecule has 0 radical (unpaired) electrons. The first-order valence-corrected chi connectivity index (χ1v) is 6.31. The molecule has 0 fully saturated rings. The molecule has 0 saturated carbocycles. The summed E-state index contributed by atoms with van der Waals surface area (Å²) in [6.07, 6.45) is 0. The average Bonchev–Trinajstić information content (AvgIpc) is 2.66. The van der Waals surface area contributed by atoms with Crippen molar-refractivity contribution in [2.24, 2.45) is 0 Å². The van der Waals surface area contributed by atoms with E-state index in [1.165, 1.54) is 11.3 Å². The van der Waals surface area contributed by atoms with Gasteiger partial charge in [0.05, 0.1) is 4.92 Å². The molecule has 1 heterocycles. The summed E-state index contributed by atoms with van der Waals surface area (Å²) in [5.74, 6) is 0. The number of thiophene rings is 1. The summed E-state index contributed by atoms with van der Waals surface area (Å²) in [6, 6.07) is 1.63. The summed E-state index contributed by atoms with van der Waals surface area (Å²) < 4.78 is 0. The number of hydrogen-bond donors (Lipinski definition) is 1. The summed E-state index contributed by atoms with van der Waals surface area (Å²) in [4.78, 5) is 12.3. The number of likely N-dealkylation sites (N-methyl/N-ethyl adjacent to an activating group) is 1. The molecule has 5 nitrogen and oxygen atoms in total. The highest BCUT2D eigenvalue weighted by molar-refractivity contribution is 7.13. The van der Waals surface area contributed by atoms with Crippen molar-refractivity contribution in [3.05, 3.63) is 27.1 Å². The van der Waals surface area contributed by atoms with Gasteiger partial charge in [-0.1, -0.05) is 11.3 Å². The van der Waals surface area contributed by atoms with Gasteiger partial charge < -0.3 is 10.2 Å². The molecule has 6 heteroatoms. The van der Waals surface area contributed by atoms with Gasteiger partial charge in [0, 0.05) is 30.1 Å². The van der Waals surface area contributed by atoms with Crippen LogP contribution in [-0.4, -0.2) is 36.0 Å². The van der Waals surface area contributed by atoms with Gasteiger partial charge >= 0.3 is 5.00 Å². The monoisotopic (exact) mass is 257 g/mol. The second-order valence-corrected chi connectivity index (χ2v) is 5.75. The predicted octanol–water partition coefficient (Wildman–Crippen LogP) is 2.09. The van der Waals surface area contributed by atoms with E-state index in [4.69, 9.17) is 0 Å². The fraction of sp³-hybridized carbons (Fsp3) is 0.636. The molecule has 0 aliphatic heterocycles. The molecule has 0 spiro atoms. The van der Waals surface area contributed by atoms with Crippen LogP contribution in [0.25, 0.3) is 0 Å². The summed E-state index contributed by atoms with van der Waals surface area (Å²) in [6.45, 7) is 5.80. The molecule has 0 bridgehead atoms. The van der Waals surface area contributed by atoms with Crippen LogP contribution in [0.3, 0.4) is 0 Å². The minimum Gasteiger partial charge on any atom is -0.311 e. The number of nitrogens with one attached hydrogen (secondary N) is 1. The molecular formula is C11H19N3O2S. The molecule has 96 valence electrons. The van der Waals surface area contributed by atoms with Crippen LogP contribution in [0.2, 0.25) is 0 Å². The molecule has 0 saturated heterocycles. The SMILES string of the molecule is CN(C)C(C)(C)CNCc1csc([N+](=O)[O-])c1. The smallest absolute Gasteiger partial charge is 0.311 e. The lowest BCUT2D eigenvalue weighted by Gasteiger charge is -2.32. The molecule has 1 aromatic heterocycles. The second kappa shape index (κ2) is 5.57. The third-order valence-corrected chi connectivity index (χ3v) is 3.85. The fourth-order valence-electron chi connectivity index (χ4n) is 1.22. The van der Waals surface area contributed by atoms with Crippen molar-refractivity contribution in [2.45, 2.75) is 25.9 Å². The fourth-order valence-corrected chi connectivity index (χ4v) is 1.95. The Morgan fingerprint density at radius 2 is 2.18 bits per heavy atom. The quantitative estimate of drug-likeness (QED) is 0.626. The van der Waals surface area contributed by atoms with Gasteiger partial charge in [-0.05, 0) is 33.5 Å². The molecule has 1 aromatic rings. The zero-order valence-corrected chi connectivity index (χ0v) is 11.5. The van der Waals surface area contributed by atoms with E-state index >= 15 is 0 Å². The Hall–Kier alpha value is -0.980. The normalized spacial score (nSPS) is 12.1. The molecule has 0 atom stereocenters. The van der Waals surface area contributed by atoms with E-state index in [1.807, 2.05) is 19.5 Å². The van der Waals surface area contributed by atoms with Crippen LogP contribution >= 0.6 is 11.3 Å². The predicted molar refractivity (Wildman–Crippen MR) is 70.4 cm³/mol. The first-order chi connectivity index (χ1) is 7.83. The molecule has 17 heavy (non-hydrogen) atoms. The summed E-state index contributed by atoms with van der Waals surface area (Å²) >= 11 is 1.17. The Morgan fingerprint density at radius 3 is 2.65 bits per heavy atom. The molecule has 0 aromatic carbocycles. The van der Waals surface area contributed by atoms with Crippen molar-refractivity contribution < 1.29 is 4.92 Å². The molecule has 1 N–H and O–H groups in total. The summed E-state index contributed by atoms with van der Waals surface area (Å²) in [5.41, 5.74) is 1.04. The zero-order valence-electron chi connectivity index (χ0n) is 10.7. The van der Waals surface area contributed by atoms with E-state index in [0.717, 1.165) is 12.1 Å². The second-order valence-electron chi connectivity index (χ2n) is 4.86. The third kappa shape index (κ3) is 4.07. The van der Waals surface area contributed by atoms with Crippen LogP contribution in [-0.2, 0) is 6.54 Å². The minimum atomic E-state index is -0.349. The highest BCUT2D eigenvalue weighted by Gasteiger charge is 2.19. The maximum Gasteiger partial charge on any atom is 0.324 e. The largest absolute Gasteiger partial charge is 0.324 e. The van der Waals surface area contributed by atoms with E-state index in [1.54, 1.807) is 6.07 Å². The lowest BCUT2D eigenvalue weighted by Crippen LogP contribution is -2.46. The zero-order chi connectivity index (χ0) is 13.1. The lowest BCUT2D eigenvalue weighted by molar-refractivity contribution is -0.380. The summed E-state index contributed by atoms with van der Waals surface area (Å²) in [7, 11) is 4.08. The lowest BCUT2D eigenvalue weighted by atomic mass is 10.0. The van der Waals surface area contributed by atoms with Crippen LogP contribution in [0.15, 0.2) is 11.4 Å². The van der Waals surface area contributed by atoms with Gasteiger partial charge in [-0.15, -0.1) is 0 Å². The highest BCUT2D eigenvalue weighted by atomic mass is 32.1. The van der Waals surface area contributed by atoms with Crippen molar-refractivity contribution >= 4 is 16.3 Å². The van der Waals surface area contributed by atoms with E-state index in [9.17, 15) is 10.1 Å². The maximum absolute atomic E-state index is 10.5. The highest BCUT2D eigenvalue weighted by Crippen LogP contribution is 2.22. The Morgan fingerprint density at radius 1 is 1.53 bits per heavy atom. The molecule has 1 rings (SSSR count). The first-order valence-electron chi connectivity index (χ1n) is 5.43. The van der Waals surface area contributed by atoms with E-state index in [-0.39, 0.29) is 15.5 Å². The van der Waals surface area contributed by atoms with Crippen LogP contribution in [0, 0.1) is 10.1 Å².